The number of hydrogen-bond acceptors (Lipinski definition) is 5. The first-order valence-corrected chi connectivity index (χ1v) is 12.0. The molecule has 33 heavy (non-hydrogen) atoms. The number of benzene rings is 1. The number of carbonyl (C=O) groups excluding carboxylic acids is 2. The summed E-state index contributed by atoms with van der Waals surface area (Å²) in [5.41, 5.74) is 4.02. The van der Waals surface area contributed by atoms with E-state index in [-0.39, 0.29) is 18.2 Å². The Balaban J connectivity index is 1.37. The van der Waals surface area contributed by atoms with Gasteiger partial charge in [-0.2, -0.15) is 0 Å². The molecule has 0 fully saturated rings. The van der Waals surface area contributed by atoms with Crippen LogP contribution in [0.2, 0.25) is 5.02 Å². The van der Waals surface area contributed by atoms with Crippen LogP contribution in [0, 0.1) is 0 Å². The molecule has 6 nitrogen and oxygen atoms in total. The third-order valence-electron chi connectivity index (χ3n) is 5.79. The van der Waals surface area contributed by atoms with E-state index in [1.54, 1.807) is 36.9 Å². The van der Waals surface area contributed by atoms with E-state index < -0.39 is 0 Å². The van der Waals surface area contributed by atoms with Crippen molar-refractivity contribution in [3.8, 4) is 0 Å². The number of pyridine rings is 1. The predicted molar refractivity (Wildman–Crippen MR) is 130 cm³/mol. The standard InChI is InChI=1S/C25H22ClN3O3S/c26-17-7-8-20-19(11-17)16(14-32-20)10-22(30)29-25-23(18-5-1-2-6-21(18)33-25)24(31)28-13-15-4-3-9-27-12-15/h3-4,7-9,11-12,14H,1-2,5-6,10,13H2,(H,28,31)(H,29,30). The third-order valence-corrected chi connectivity index (χ3v) is 7.24. The van der Waals surface area contributed by atoms with E-state index in [9.17, 15) is 9.59 Å². The molecule has 0 radical (unpaired) electrons. The maximum atomic E-state index is 13.2. The van der Waals surface area contributed by atoms with Gasteiger partial charge >= 0.3 is 0 Å². The number of carbonyl (C=O) groups is 2. The van der Waals surface area contributed by atoms with E-state index in [1.807, 2.05) is 12.1 Å². The van der Waals surface area contributed by atoms with Gasteiger partial charge in [0.25, 0.3) is 5.91 Å². The minimum atomic E-state index is -0.197. The van der Waals surface area contributed by atoms with Gasteiger partial charge < -0.3 is 15.1 Å². The molecular weight excluding hydrogens is 458 g/mol. The van der Waals surface area contributed by atoms with E-state index in [4.69, 9.17) is 16.0 Å². The average molecular weight is 480 g/mol. The Morgan fingerprint density at radius 3 is 2.91 bits per heavy atom. The van der Waals surface area contributed by atoms with Gasteiger partial charge in [0.2, 0.25) is 5.91 Å². The van der Waals surface area contributed by atoms with Gasteiger partial charge in [-0.1, -0.05) is 17.7 Å². The molecule has 2 N–H and O–H groups in total. The van der Waals surface area contributed by atoms with Gasteiger partial charge in [0.1, 0.15) is 10.6 Å². The molecule has 8 heteroatoms. The predicted octanol–water partition coefficient (Wildman–Crippen LogP) is 5.53. The zero-order valence-corrected chi connectivity index (χ0v) is 19.4. The fourth-order valence-corrected chi connectivity index (χ4v) is 5.68. The third kappa shape index (κ3) is 4.65. The molecule has 0 spiro atoms. The zero-order chi connectivity index (χ0) is 22.8. The number of halogens is 1. The van der Waals surface area contributed by atoms with Gasteiger partial charge in [-0.15, -0.1) is 11.3 Å². The highest BCUT2D eigenvalue weighted by Gasteiger charge is 2.26. The van der Waals surface area contributed by atoms with Crippen LogP contribution in [-0.2, 0) is 30.6 Å². The summed E-state index contributed by atoms with van der Waals surface area (Å²) in [5, 5.41) is 8.00. The monoisotopic (exact) mass is 479 g/mol. The second-order valence-corrected chi connectivity index (χ2v) is 9.63. The highest BCUT2D eigenvalue weighted by atomic mass is 35.5. The second-order valence-electron chi connectivity index (χ2n) is 8.09. The van der Waals surface area contributed by atoms with Crippen molar-refractivity contribution in [2.75, 3.05) is 5.32 Å². The summed E-state index contributed by atoms with van der Waals surface area (Å²) < 4.78 is 5.55. The van der Waals surface area contributed by atoms with Crippen molar-refractivity contribution in [1.29, 1.82) is 0 Å². The van der Waals surface area contributed by atoms with E-state index in [2.05, 4.69) is 15.6 Å². The molecule has 3 heterocycles. The molecule has 0 saturated carbocycles. The molecule has 0 atom stereocenters. The van der Waals surface area contributed by atoms with Crippen LogP contribution in [0.5, 0.6) is 0 Å². The number of fused-ring (bicyclic) bond motifs is 2. The first kappa shape index (κ1) is 21.7. The van der Waals surface area contributed by atoms with Gasteiger partial charge in [0.05, 0.1) is 18.2 Å². The van der Waals surface area contributed by atoms with Crippen LogP contribution in [0.1, 0.15) is 44.8 Å². The lowest BCUT2D eigenvalue weighted by Gasteiger charge is -2.13. The highest BCUT2D eigenvalue weighted by Crippen LogP contribution is 2.38. The van der Waals surface area contributed by atoms with Crippen molar-refractivity contribution >= 4 is 50.7 Å². The summed E-state index contributed by atoms with van der Waals surface area (Å²) in [6.45, 7) is 0.381. The van der Waals surface area contributed by atoms with Gasteiger partial charge in [-0.05, 0) is 61.1 Å². The van der Waals surface area contributed by atoms with Crippen LogP contribution in [0.25, 0.3) is 11.0 Å². The smallest absolute Gasteiger partial charge is 0.254 e. The number of rotatable bonds is 6. The number of amides is 2. The molecule has 1 aliphatic carbocycles. The number of aromatic nitrogens is 1. The van der Waals surface area contributed by atoms with Gasteiger partial charge in [-0.25, -0.2) is 0 Å². The molecule has 4 aromatic rings. The van der Waals surface area contributed by atoms with E-state index in [0.29, 0.717) is 27.7 Å². The van der Waals surface area contributed by atoms with Crippen LogP contribution in [0.3, 0.4) is 0 Å². The molecule has 5 rings (SSSR count). The molecule has 168 valence electrons. The number of furan rings is 1. The molecule has 0 unspecified atom stereocenters. The highest BCUT2D eigenvalue weighted by molar-refractivity contribution is 7.17. The first-order chi connectivity index (χ1) is 16.1. The van der Waals surface area contributed by atoms with Gasteiger partial charge in [-0.3, -0.25) is 14.6 Å². The Bertz CT molecular complexity index is 1330. The molecular formula is C25H22ClN3O3S. The summed E-state index contributed by atoms with van der Waals surface area (Å²) in [5.74, 6) is -0.369. The SMILES string of the molecule is O=C(Cc1coc2ccc(Cl)cc12)Nc1sc2c(c1C(=O)NCc1cccnc1)CCCC2. The largest absolute Gasteiger partial charge is 0.464 e. The lowest BCUT2D eigenvalue weighted by atomic mass is 9.95. The van der Waals surface area contributed by atoms with E-state index >= 15 is 0 Å². The molecule has 0 aliphatic heterocycles. The summed E-state index contributed by atoms with van der Waals surface area (Å²) in [4.78, 5) is 31.4. The average Bonchev–Trinajstić information content (AvgIpc) is 3.38. The van der Waals surface area contributed by atoms with Crippen molar-refractivity contribution in [3.63, 3.8) is 0 Å². The number of nitrogens with one attached hydrogen (secondary N) is 2. The summed E-state index contributed by atoms with van der Waals surface area (Å²) >= 11 is 7.62. The van der Waals surface area contributed by atoms with E-state index in [0.717, 1.165) is 47.8 Å². The van der Waals surface area contributed by atoms with Crippen molar-refractivity contribution in [2.24, 2.45) is 0 Å². The Hall–Kier alpha value is -3.16. The lowest BCUT2D eigenvalue weighted by molar-refractivity contribution is -0.115. The quantitative estimate of drug-likeness (QED) is 0.380. The topological polar surface area (TPSA) is 84.2 Å². The maximum Gasteiger partial charge on any atom is 0.254 e. The van der Waals surface area contributed by atoms with Crippen LogP contribution < -0.4 is 10.6 Å². The Kier molecular flexibility index (Phi) is 6.15. The first-order valence-electron chi connectivity index (χ1n) is 10.9. The maximum absolute atomic E-state index is 13.2. The van der Waals surface area contributed by atoms with Crippen molar-refractivity contribution in [1.82, 2.24) is 10.3 Å². The van der Waals surface area contributed by atoms with Gasteiger partial charge in [0.15, 0.2) is 0 Å². The lowest BCUT2D eigenvalue weighted by Crippen LogP contribution is -2.25. The van der Waals surface area contributed by atoms with E-state index in [1.165, 1.54) is 16.2 Å². The molecule has 3 aromatic heterocycles. The second kappa shape index (κ2) is 9.37. The van der Waals surface area contributed by atoms with Gasteiger partial charge in [0, 0.05) is 39.8 Å². The molecule has 0 saturated heterocycles. The van der Waals surface area contributed by atoms with Crippen LogP contribution in [0.15, 0.2) is 53.4 Å². The normalized spacial score (nSPS) is 13.0. The summed E-state index contributed by atoms with van der Waals surface area (Å²) in [7, 11) is 0. The van der Waals surface area contributed by atoms with Crippen LogP contribution in [0.4, 0.5) is 5.00 Å². The molecule has 0 bridgehead atoms. The number of aryl methyl sites for hydroxylation is 1. The number of anilines is 1. The zero-order valence-electron chi connectivity index (χ0n) is 17.8. The number of nitrogens with zero attached hydrogens (tertiary/aromatic N) is 1. The minimum absolute atomic E-state index is 0.132. The number of hydrogen-bond donors (Lipinski definition) is 2. The van der Waals surface area contributed by atoms with Crippen molar-refractivity contribution in [2.45, 2.75) is 38.6 Å². The summed E-state index contributed by atoms with van der Waals surface area (Å²) in [6.07, 6.45) is 9.07. The molecule has 1 aliphatic rings. The Labute approximate surface area is 200 Å². The van der Waals surface area contributed by atoms with Crippen molar-refractivity contribution < 1.29 is 14.0 Å². The number of thiophene rings is 1. The fourth-order valence-electron chi connectivity index (χ4n) is 4.20. The summed E-state index contributed by atoms with van der Waals surface area (Å²) in [6, 6.07) is 9.10. The van der Waals surface area contributed by atoms with Crippen LogP contribution >= 0.6 is 22.9 Å². The molecule has 1 aromatic carbocycles. The Morgan fingerprint density at radius 2 is 2.06 bits per heavy atom. The van der Waals surface area contributed by atoms with Crippen LogP contribution in [-0.4, -0.2) is 16.8 Å². The van der Waals surface area contributed by atoms with Crippen molar-refractivity contribution in [3.05, 3.63) is 81.1 Å². The molecule has 2 amide bonds. The fraction of sp³-hybridized carbons (Fsp3) is 0.240. The minimum Gasteiger partial charge on any atom is -0.464 e. The Morgan fingerprint density at radius 1 is 1.18 bits per heavy atom.